The molecule has 6 heteroatoms. The number of thiazole rings is 1. The molecule has 0 bridgehead atoms. The lowest BCUT2D eigenvalue weighted by Gasteiger charge is -2.04. The van der Waals surface area contributed by atoms with Crippen molar-refractivity contribution in [3.63, 3.8) is 0 Å². The molecular formula is C13H12N2O3S. The number of carbonyl (C=O) groups is 1. The van der Waals surface area contributed by atoms with Gasteiger partial charge in [0.2, 0.25) is 6.79 Å². The number of para-hydroxylation sites is 1. The number of carbonyl (C=O) groups excluding carboxylic acids is 1. The minimum absolute atomic E-state index is 0.148. The van der Waals surface area contributed by atoms with Gasteiger partial charge in [-0.1, -0.05) is 6.07 Å². The zero-order chi connectivity index (χ0) is 13.4. The van der Waals surface area contributed by atoms with Crippen molar-refractivity contribution >= 4 is 22.4 Å². The second-order valence-electron chi connectivity index (χ2n) is 4.15. The van der Waals surface area contributed by atoms with Crippen LogP contribution in [0.2, 0.25) is 0 Å². The number of hydrogen-bond donors (Lipinski definition) is 1. The van der Waals surface area contributed by atoms with Crippen molar-refractivity contribution < 1.29 is 14.3 Å². The highest BCUT2D eigenvalue weighted by Gasteiger charge is 2.22. The average Bonchev–Trinajstić information content (AvgIpc) is 2.96. The fourth-order valence-electron chi connectivity index (χ4n) is 1.80. The summed E-state index contributed by atoms with van der Waals surface area (Å²) in [4.78, 5) is 17.6. The molecule has 0 saturated heterocycles. The normalized spacial score (nSPS) is 12.5. The number of anilines is 1. The first kappa shape index (κ1) is 12.0. The van der Waals surface area contributed by atoms with E-state index in [2.05, 4.69) is 10.3 Å². The molecule has 2 heterocycles. The number of nitrogens with one attached hydrogen (secondary N) is 1. The SMILES string of the molecule is Cc1nc(NC(=O)c2cccc3c2OCO3)sc1C. The van der Waals surface area contributed by atoms with E-state index in [4.69, 9.17) is 9.47 Å². The highest BCUT2D eigenvalue weighted by atomic mass is 32.1. The van der Waals surface area contributed by atoms with Crippen molar-refractivity contribution in [3.8, 4) is 11.5 Å². The molecule has 98 valence electrons. The zero-order valence-electron chi connectivity index (χ0n) is 10.5. The number of amides is 1. The molecule has 1 aliphatic rings. The van der Waals surface area contributed by atoms with Crippen LogP contribution < -0.4 is 14.8 Å². The second kappa shape index (κ2) is 4.55. The summed E-state index contributed by atoms with van der Waals surface area (Å²) in [7, 11) is 0. The first-order valence-electron chi connectivity index (χ1n) is 5.79. The van der Waals surface area contributed by atoms with Gasteiger partial charge < -0.3 is 9.47 Å². The molecule has 0 fully saturated rings. The Labute approximate surface area is 114 Å². The van der Waals surface area contributed by atoms with E-state index in [1.807, 2.05) is 13.8 Å². The molecule has 3 rings (SSSR count). The van der Waals surface area contributed by atoms with Crippen molar-refractivity contribution in [2.45, 2.75) is 13.8 Å². The highest BCUT2D eigenvalue weighted by Crippen LogP contribution is 2.35. The average molecular weight is 276 g/mol. The summed E-state index contributed by atoms with van der Waals surface area (Å²) in [6.45, 7) is 4.04. The van der Waals surface area contributed by atoms with Crippen LogP contribution >= 0.6 is 11.3 Å². The largest absolute Gasteiger partial charge is 0.454 e. The molecule has 0 aliphatic carbocycles. The second-order valence-corrected chi connectivity index (χ2v) is 5.36. The maximum Gasteiger partial charge on any atom is 0.261 e. The minimum Gasteiger partial charge on any atom is -0.454 e. The van der Waals surface area contributed by atoms with Crippen LogP contribution in [-0.2, 0) is 0 Å². The first-order valence-corrected chi connectivity index (χ1v) is 6.61. The molecule has 0 radical (unpaired) electrons. The Morgan fingerprint density at radius 2 is 2.21 bits per heavy atom. The van der Waals surface area contributed by atoms with Crippen LogP contribution in [0.5, 0.6) is 11.5 Å². The summed E-state index contributed by atoms with van der Waals surface area (Å²) in [6.07, 6.45) is 0. The third-order valence-electron chi connectivity index (χ3n) is 2.89. The van der Waals surface area contributed by atoms with Gasteiger partial charge in [0.1, 0.15) is 0 Å². The van der Waals surface area contributed by atoms with Crippen molar-refractivity contribution in [3.05, 3.63) is 34.3 Å². The Hall–Kier alpha value is -2.08. The van der Waals surface area contributed by atoms with Gasteiger partial charge >= 0.3 is 0 Å². The van der Waals surface area contributed by atoms with Crippen LogP contribution in [0.15, 0.2) is 18.2 Å². The molecule has 0 atom stereocenters. The molecule has 1 aromatic heterocycles. The van der Waals surface area contributed by atoms with Gasteiger partial charge in [-0.05, 0) is 26.0 Å². The number of aryl methyl sites for hydroxylation is 2. The monoisotopic (exact) mass is 276 g/mol. The van der Waals surface area contributed by atoms with Gasteiger partial charge in [-0.25, -0.2) is 4.98 Å². The fraction of sp³-hybridized carbons (Fsp3) is 0.231. The van der Waals surface area contributed by atoms with Gasteiger partial charge in [0.25, 0.3) is 5.91 Å². The third-order valence-corrected chi connectivity index (χ3v) is 3.88. The van der Waals surface area contributed by atoms with Crippen molar-refractivity contribution in [1.29, 1.82) is 0 Å². The van der Waals surface area contributed by atoms with Gasteiger partial charge in [-0.3, -0.25) is 10.1 Å². The number of hydrogen-bond acceptors (Lipinski definition) is 5. The lowest BCUT2D eigenvalue weighted by molar-refractivity contribution is 0.102. The summed E-state index contributed by atoms with van der Waals surface area (Å²) in [5, 5.41) is 3.38. The van der Waals surface area contributed by atoms with E-state index >= 15 is 0 Å². The number of ether oxygens (including phenoxy) is 2. The van der Waals surface area contributed by atoms with E-state index in [-0.39, 0.29) is 12.7 Å². The molecule has 1 N–H and O–H groups in total. The van der Waals surface area contributed by atoms with E-state index < -0.39 is 0 Å². The lowest BCUT2D eigenvalue weighted by Crippen LogP contribution is -2.12. The number of rotatable bonds is 2. The smallest absolute Gasteiger partial charge is 0.261 e. The lowest BCUT2D eigenvalue weighted by atomic mass is 10.2. The van der Waals surface area contributed by atoms with Gasteiger partial charge in [0, 0.05) is 4.88 Å². The Morgan fingerprint density at radius 3 is 2.95 bits per heavy atom. The van der Waals surface area contributed by atoms with Gasteiger partial charge in [-0.15, -0.1) is 11.3 Å². The van der Waals surface area contributed by atoms with Crippen molar-refractivity contribution in [2.75, 3.05) is 12.1 Å². The molecule has 0 saturated carbocycles. The highest BCUT2D eigenvalue weighted by molar-refractivity contribution is 7.15. The Morgan fingerprint density at radius 1 is 1.37 bits per heavy atom. The van der Waals surface area contributed by atoms with E-state index in [0.717, 1.165) is 10.6 Å². The maximum atomic E-state index is 12.2. The summed E-state index contributed by atoms with van der Waals surface area (Å²) < 4.78 is 10.6. The number of benzene rings is 1. The number of fused-ring (bicyclic) bond motifs is 1. The maximum absolute atomic E-state index is 12.2. The van der Waals surface area contributed by atoms with Crippen molar-refractivity contribution in [2.24, 2.45) is 0 Å². The van der Waals surface area contributed by atoms with Crippen molar-refractivity contribution in [1.82, 2.24) is 4.98 Å². The summed E-state index contributed by atoms with van der Waals surface area (Å²) >= 11 is 1.46. The van der Waals surface area contributed by atoms with Gasteiger partial charge in [0.15, 0.2) is 16.6 Å². The van der Waals surface area contributed by atoms with Gasteiger partial charge in [-0.2, -0.15) is 0 Å². The minimum atomic E-state index is -0.240. The van der Waals surface area contributed by atoms with Crippen LogP contribution in [-0.4, -0.2) is 17.7 Å². The molecular weight excluding hydrogens is 264 g/mol. The molecule has 19 heavy (non-hydrogen) atoms. The molecule has 0 spiro atoms. The van der Waals surface area contributed by atoms with E-state index in [1.165, 1.54) is 11.3 Å². The molecule has 1 aliphatic heterocycles. The Kier molecular flexibility index (Phi) is 2.87. The predicted octanol–water partition coefficient (Wildman–Crippen LogP) is 2.74. The van der Waals surface area contributed by atoms with Gasteiger partial charge in [0.05, 0.1) is 11.3 Å². The van der Waals surface area contributed by atoms with Crippen LogP contribution in [0.25, 0.3) is 0 Å². The predicted molar refractivity (Wildman–Crippen MR) is 72.1 cm³/mol. The van der Waals surface area contributed by atoms with Crippen LogP contribution in [0.3, 0.4) is 0 Å². The first-order chi connectivity index (χ1) is 9.15. The van der Waals surface area contributed by atoms with Crippen LogP contribution in [0.4, 0.5) is 5.13 Å². The molecule has 1 aromatic carbocycles. The Bertz CT molecular complexity index is 632. The molecule has 5 nitrogen and oxygen atoms in total. The zero-order valence-corrected chi connectivity index (χ0v) is 11.3. The van der Waals surface area contributed by atoms with E-state index in [0.29, 0.717) is 22.2 Å². The molecule has 0 unspecified atom stereocenters. The number of aromatic nitrogens is 1. The summed E-state index contributed by atoms with van der Waals surface area (Å²) in [6, 6.07) is 5.24. The van der Waals surface area contributed by atoms with E-state index in [9.17, 15) is 4.79 Å². The molecule has 1 amide bonds. The van der Waals surface area contributed by atoms with Crippen LogP contribution in [0, 0.1) is 13.8 Å². The quantitative estimate of drug-likeness (QED) is 0.916. The topological polar surface area (TPSA) is 60.5 Å². The van der Waals surface area contributed by atoms with Crippen LogP contribution in [0.1, 0.15) is 20.9 Å². The molecule has 2 aromatic rings. The van der Waals surface area contributed by atoms with E-state index in [1.54, 1.807) is 18.2 Å². The third kappa shape index (κ3) is 2.15. The summed E-state index contributed by atoms with van der Waals surface area (Å²) in [5.41, 5.74) is 1.39. The fourth-order valence-corrected chi connectivity index (χ4v) is 2.61. The summed E-state index contributed by atoms with van der Waals surface area (Å²) in [5.74, 6) is 0.847. The Balaban J connectivity index is 1.87. The number of nitrogens with zero attached hydrogens (tertiary/aromatic N) is 1. The standard InChI is InChI=1S/C13H12N2O3S/c1-7-8(2)19-13(14-7)15-12(16)9-4-3-5-10-11(9)18-6-17-10/h3-5H,6H2,1-2H3,(H,14,15,16).